The fourth-order valence-corrected chi connectivity index (χ4v) is 5.20. The number of sulfonamides is 1. The number of aryl methyl sites for hydroxylation is 2. The van der Waals surface area contributed by atoms with Gasteiger partial charge in [-0.3, -0.25) is 9.79 Å². The van der Waals surface area contributed by atoms with Gasteiger partial charge in [0.15, 0.2) is 11.3 Å². The Bertz CT molecular complexity index is 1430. The van der Waals surface area contributed by atoms with Crippen LogP contribution >= 0.6 is 0 Å². The molecule has 0 bridgehead atoms. The Morgan fingerprint density at radius 3 is 2.71 bits per heavy atom. The van der Waals surface area contributed by atoms with Crippen molar-refractivity contribution in [2.45, 2.75) is 45.4 Å². The molecule has 0 spiro atoms. The quantitative estimate of drug-likeness (QED) is 0.432. The Balaban J connectivity index is 1.70. The van der Waals surface area contributed by atoms with Crippen LogP contribution in [0.2, 0.25) is 0 Å². The van der Waals surface area contributed by atoms with E-state index in [9.17, 15) is 13.2 Å². The predicted molar refractivity (Wildman–Crippen MR) is 134 cm³/mol. The number of fused-ring (bicyclic) bond motifs is 1. The maximum atomic E-state index is 13.1. The van der Waals surface area contributed by atoms with Crippen molar-refractivity contribution in [3.63, 3.8) is 0 Å². The molecule has 3 heterocycles. The molecular weight excluding hydrogens is 470 g/mol. The second kappa shape index (κ2) is 10.2. The van der Waals surface area contributed by atoms with Crippen LogP contribution < -0.4 is 15.0 Å². The minimum absolute atomic E-state index is 0.0566. The number of benzene rings is 1. The van der Waals surface area contributed by atoms with Crippen molar-refractivity contribution in [2.75, 3.05) is 32.8 Å². The first-order chi connectivity index (χ1) is 16.7. The van der Waals surface area contributed by atoms with Gasteiger partial charge in [0.1, 0.15) is 11.6 Å². The van der Waals surface area contributed by atoms with Crippen LogP contribution in [0.5, 0.6) is 5.75 Å². The molecule has 0 fully saturated rings. The van der Waals surface area contributed by atoms with E-state index in [2.05, 4.69) is 24.8 Å². The zero-order valence-electron chi connectivity index (χ0n) is 20.5. The first-order valence-electron chi connectivity index (χ1n) is 11.8. The third-order valence-corrected chi connectivity index (χ3v) is 7.33. The van der Waals surface area contributed by atoms with Crippen LogP contribution in [-0.2, 0) is 16.4 Å². The lowest BCUT2D eigenvalue weighted by Crippen LogP contribution is -2.36. The van der Waals surface area contributed by atoms with Crippen molar-refractivity contribution in [1.82, 2.24) is 29.2 Å². The van der Waals surface area contributed by atoms with Crippen molar-refractivity contribution in [3.05, 3.63) is 40.1 Å². The highest BCUT2D eigenvalue weighted by Gasteiger charge is 2.21. The molecule has 35 heavy (non-hydrogen) atoms. The minimum Gasteiger partial charge on any atom is -0.493 e. The number of amidine groups is 1. The first-order valence-corrected chi connectivity index (χ1v) is 13.2. The van der Waals surface area contributed by atoms with Crippen LogP contribution in [0.1, 0.15) is 38.7 Å². The van der Waals surface area contributed by atoms with Gasteiger partial charge in [-0.1, -0.05) is 6.92 Å². The molecule has 2 aromatic heterocycles. The smallest absolute Gasteiger partial charge is 0.277 e. The van der Waals surface area contributed by atoms with Crippen molar-refractivity contribution >= 4 is 21.4 Å². The van der Waals surface area contributed by atoms with E-state index in [1.807, 2.05) is 25.7 Å². The molecule has 0 radical (unpaired) electrons. The van der Waals surface area contributed by atoms with Gasteiger partial charge >= 0.3 is 0 Å². The van der Waals surface area contributed by atoms with Crippen LogP contribution in [0.4, 0.5) is 0 Å². The fourth-order valence-electron chi connectivity index (χ4n) is 4.15. The van der Waals surface area contributed by atoms with Crippen LogP contribution in [-0.4, -0.2) is 71.5 Å². The second-order valence-electron chi connectivity index (χ2n) is 8.33. The molecular formula is C23H31N7O4S. The fraction of sp³-hybridized carbons (Fsp3) is 0.478. The third-order valence-electron chi connectivity index (χ3n) is 5.87. The highest BCUT2D eigenvalue weighted by atomic mass is 32.2. The van der Waals surface area contributed by atoms with E-state index in [0.29, 0.717) is 47.9 Å². The lowest BCUT2D eigenvalue weighted by molar-refractivity contribution is 0.341. The zero-order chi connectivity index (χ0) is 25.2. The number of nitrogens with one attached hydrogen (secondary N) is 2. The van der Waals surface area contributed by atoms with Crippen LogP contribution in [0.25, 0.3) is 16.9 Å². The maximum Gasteiger partial charge on any atom is 0.277 e. The molecule has 0 atom stereocenters. The van der Waals surface area contributed by atoms with Gasteiger partial charge < -0.3 is 14.6 Å². The van der Waals surface area contributed by atoms with Gasteiger partial charge in [0.2, 0.25) is 10.0 Å². The Labute approximate surface area is 204 Å². The summed E-state index contributed by atoms with van der Waals surface area (Å²) in [5.74, 6) is 2.22. The van der Waals surface area contributed by atoms with Gasteiger partial charge in [-0.15, -0.1) is 5.10 Å². The van der Waals surface area contributed by atoms with Gasteiger partial charge in [0, 0.05) is 26.1 Å². The summed E-state index contributed by atoms with van der Waals surface area (Å²) in [4.78, 5) is 26.6. The summed E-state index contributed by atoms with van der Waals surface area (Å²) in [6.45, 7) is 10.2. The highest BCUT2D eigenvalue weighted by molar-refractivity contribution is 7.89. The molecule has 0 saturated carbocycles. The number of nitrogens with zero attached hydrogens (tertiary/aromatic N) is 5. The Morgan fingerprint density at radius 1 is 1.23 bits per heavy atom. The SMILES string of the molecule is CCCc1nc(C)c2c(=O)[nH]c(-c3cc(S(=O)(=O)NCCN4CCN=C4C)ccc3OCC)nn12. The Kier molecular flexibility index (Phi) is 7.22. The number of imidazole rings is 1. The van der Waals surface area contributed by atoms with Crippen molar-refractivity contribution in [3.8, 4) is 17.1 Å². The summed E-state index contributed by atoms with van der Waals surface area (Å²) in [6.07, 6.45) is 1.50. The van der Waals surface area contributed by atoms with E-state index in [-0.39, 0.29) is 22.8 Å². The number of aromatic amines is 1. The van der Waals surface area contributed by atoms with E-state index < -0.39 is 10.0 Å². The molecule has 0 saturated heterocycles. The van der Waals surface area contributed by atoms with E-state index in [1.165, 1.54) is 12.1 Å². The molecule has 12 heteroatoms. The third kappa shape index (κ3) is 5.08. The van der Waals surface area contributed by atoms with Gasteiger partial charge in [-0.05, 0) is 45.4 Å². The molecule has 4 rings (SSSR count). The summed E-state index contributed by atoms with van der Waals surface area (Å²) in [5.41, 5.74) is 1.00. The second-order valence-corrected chi connectivity index (χ2v) is 10.1. The van der Waals surface area contributed by atoms with Gasteiger partial charge in [0.25, 0.3) is 5.56 Å². The molecule has 0 aliphatic carbocycles. The lowest BCUT2D eigenvalue weighted by Gasteiger charge is -2.18. The topological polar surface area (TPSA) is 134 Å². The number of rotatable bonds is 10. The first kappa shape index (κ1) is 24.9. The summed E-state index contributed by atoms with van der Waals surface area (Å²) >= 11 is 0. The average molecular weight is 502 g/mol. The van der Waals surface area contributed by atoms with Gasteiger partial charge in [-0.25, -0.2) is 22.6 Å². The van der Waals surface area contributed by atoms with E-state index in [0.717, 1.165) is 25.3 Å². The van der Waals surface area contributed by atoms with Crippen LogP contribution in [0.3, 0.4) is 0 Å². The van der Waals surface area contributed by atoms with E-state index in [1.54, 1.807) is 17.5 Å². The molecule has 11 nitrogen and oxygen atoms in total. The number of aromatic nitrogens is 4. The van der Waals surface area contributed by atoms with E-state index >= 15 is 0 Å². The summed E-state index contributed by atoms with van der Waals surface area (Å²) in [7, 11) is -3.81. The average Bonchev–Trinajstić information content (AvgIpc) is 3.37. The number of aliphatic imine (C=N–C) groups is 1. The molecule has 0 amide bonds. The molecule has 2 N–H and O–H groups in total. The number of ether oxygens (including phenoxy) is 1. The minimum atomic E-state index is -3.81. The maximum absolute atomic E-state index is 13.1. The van der Waals surface area contributed by atoms with Crippen molar-refractivity contribution in [2.24, 2.45) is 4.99 Å². The summed E-state index contributed by atoms with van der Waals surface area (Å²) in [6, 6.07) is 4.55. The molecule has 0 unspecified atom stereocenters. The Hall–Kier alpha value is -3.25. The predicted octanol–water partition coefficient (Wildman–Crippen LogP) is 1.76. The van der Waals surface area contributed by atoms with Crippen LogP contribution in [0.15, 0.2) is 32.9 Å². The standard InChI is InChI=1S/C23H31N7O4S/c1-5-7-20-26-15(3)21-23(31)27-22(28-30(20)21)18-14-17(8-9-19(18)34-6-2)35(32,33)25-11-13-29-12-10-24-16(29)4/h8-9,14,25H,5-7,10-13H2,1-4H3,(H,27,28,31). The van der Waals surface area contributed by atoms with E-state index in [4.69, 9.17) is 4.74 Å². The highest BCUT2D eigenvalue weighted by Crippen LogP contribution is 2.30. The zero-order valence-corrected chi connectivity index (χ0v) is 21.3. The lowest BCUT2D eigenvalue weighted by atomic mass is 10.2. The molecule has 1 aromatic carbocycles. The largest absolute Gasteiger partial charge is 0.493 e. The Morgan fingerprint density at radius 2 is 2.03 bits per heavy atom. The van der Waals surface area contributed by atoms with Gasteiger partial charge in [0.05, 0.1) is 35.1 Å². The summed E-state index contributed by atoms with van der Waals surface area (Å²) in [5, 5.41) is 4.62. The molecule has 188 valence electrons. The molecule has 1 aliphatic rings. The summed E-state index contributed by atoms with van der Waals surface area (Å²) < 4.78 is 36.0. The monoisotopic (exact) mass is 501 g/mol. The molecule has 1 aliphatic heterocycles. The molecule has 3 aromatic rings. The van der Waals surface area contributed by atoms with Crippen LogP contribution in [0, 0.1) is 6.92 Å². The number of hydrogen-bond acceptors (Lipinski definition) is 8. The van der Waals surface area contributed by atoms with Gasteiger partial charge in [-0.2, -0.15) is 0 Å². The van der Waals surface area contributed by atoms with Crippen molar-refractivity contribution in [1.29, 1.82) is 0 Å². The van der Waals surface area contributed by atoms with Crippen molar-refractivity contribution < 1.29 is 13.2 Å². The normalized spacial score (nSPS) is 14.1. The number of H-pyrrole nitrogens is 1. The number of hydrogen-bond donors (Lipinski definition) is 2.